The Bertz CT molecular complexity index is 540. The van der Waals surface area contributed by atoms with Crippen molar-refractivity contribution in [1.82, 2.24) is 4.90 Å². The summed E-state index contributed by atoms with van der Waals surface area (Å²) in [6, 6.07) is 6.99. The van der Waals surface area contributed by atoms with Crippen molar-refractivity contribution in [2.75, 3.05) is 25.5 Å². The smallest absolute Gasteiger partial charge is 0.321 e. The summed E-state index contributed by atoms with van der Waals surface area (Å²) in [5.74, 6) is 1.04. The van der Waals surface area contributed by atoms with E-state index in [1.165, 1.54) is 4.90 Å². The van der Waals surface area contributed by atoms with Crippen LogP contribution in [0.5, 0.6) is 5.75 Å². The number of carbonyl (C=O) groups excluding carboxylic acids is 1. The molecule has 0 spiro atoms. The second-order valence-corrected chi connectivity index (χ2v) is 5.99. The summed E-state index contributed by atoms with van der Waals surface area (Å²) in [5.41, 5.74) is 1.60. The van der Waals surface area contributed by atoms with E-state index in [1.807, 2.05) is 19.1 Å². The topological polar surface area (TPSA) is 61.8 Å². The minimum atomic E-state index is -0.430. The maximum absolute atomic E-state index is 12.1. The Kier molecular flexibility index (Phi) is 5.44. The number of carbonyl (C=O) groups is 1. The Morgan fingerprint density at radius 3 is 2.91 bits per heavy atom. The van der Waals surface area contributed by atoms with Crippen LogP contribution in [0.4, 0.5) is 10.5 Å². The molecule has 1 atom stereocenters. The number of aliphatic hydroxyl groups is 1. The molecule has 1 fully saturated rings. The third-order valence-electron chi connectivity index (χ3n) is 3.54. The van der Waals surface area contributed by atoms with Gasteiger partial charge < -0.3 is 20.1 Å². The van der Waals surface area contributed by atoms with E-state index in [1.54, 1.807) is 19.2 Å². The highest BCUT2D eigenvalue weighted by molar-refractivity contribution is 5.89. The Labute approximate surface area is 131 Å². The molecule has 1 aliphatic carbocycles. The Balaban J connectivity index is 1.87. The highest BCUT2D eigenvalue weighted by atomic mass is 16.5. The lowest BCUT2D eigenvalue weighted by Gasteiger charge is -2.21. The van der Waals surface area contributed by atoms with E-state index in [9.17, 15) is 9.90 Å². The summed E-state index contributed by atoms with van der Waals surface area (Å²) in [4.78, 5) is 13.6. The van der Waals surface area contributed by atoms with Crippen molar-refractivity contribution in [2.24, 2.45) is 5.92 Å². The van der Waals surface area contributed by atoms with Gasteiger partial charge in [0.2, 0.25) is 0 Å². The van der Waals surface area contributed by atoms with Gasteiger partial charge in [-0.25, -0.2) is 4.79 Å². The maximum Gasteiger partial charge on any atom is 0.321 e. The normalized spacial score (nSPS) is 15.0. The van der Waals surface area contributed by atoms with E-state index >= 15 is 0 Å². The van der Waals surface area contributed by atoms with Crippen molar-refractivity contribution < 1.29 is 14.6 Å². The van der Waals surface area contributed by atoms with E-state index in [0.717, 1.165) is 18.4 Å². The van der Waals surface area contributed by atoms with Gasteiger partial charge in [0, 0.05) is 25.3 Å². The fourth-order valence-electron chi connectivity index (χ4n) is 2.08. The monoisotopic (exact) mass is 304 g/mol. The molecule has 120 valence electrons. The van der Waals surface area contributed by atoms with Crippen molar-refractivity contribution in [3.8, 4) is 5.75 Å². The number of urea groups is 1. The minimum Gasteiger partial charge on any atom is -0.489 e. The Morgan fingerprint density at radius 1 is 1.55 bits per heavy atom. The summed E-state index contributed by atoms with van der Waals surface area (Å²) < 4.78 is 5.55. The van der Waals surface area contributed by atoms with Gasteiger partial charge in [0.25, 0.3) is 0 Å². The number of anilines is 1. The number of nitrogens with zero attached hydrogens (tertiary/aromatic N) is 1. The van der Waals surface area contributed by atoms with E-state index in [-0.39, 0.29) is 6.03 Å². The molecule has 2 N–H and O–H groups in total. The molecule has 1 saturated carbocycles. The van der Waals surface area contributed by atoms with Crippen LogP contribution in [0, 0.1) is 5.92 Å². The van der Waals surface area contributed by atoms with Gasteiger partial charge in [0.1, 0.15) is 12.4 Å². The van der Waals surface area contributed by atoms with E-state index in [4.69, 9.17) is 4.74 Å². The summed E-state index contributed by atoms with van der Waals surface area (Å²) >= 11 is 0. The molecular weight excluding hydrogens is 280 g/mol. The first-order chi connectivity index (χ1) is 10.5. The van der Waals surface area contributed by atoms with E-state index in [2.05, 4.69) is 11.9 Å². The minimum absolute atomic E-state index is 0.239. The van der Waals surface area contributed by atoms with Crippen LogP contribution in [0.25, 0.3) is 0 Å². The van der Waals surface area contributed by atoms with Gasteiger partial charge in [0.05, 0.1) is 6.10 Å². The SMILES string of the molecule is C=C(C)COc1cccc(NC(=O)N(C)CC(O)C2CC2)c1. The predicted molar refractivity (Wildman–Crippen MR) is 87.1 cm³/mol. The molecular formula is C17H24N2O3. The number of rotatable bonds is 7. The van der Waals surface area contributed by atoms with Crippen LogP contribution in [0.15, 0.2) is 36.4 Å². The first kappa shape index (κ1) is 16.4. The number of nitrogens with one attached hydrogen (secondary N) is 1. The Hall–Kier alpha value is -2.01. The number of ether oxygens (including phenoxy) is 1. The lowest BCUT2D eigenvalue weighted by molar-refractivity contribution is 0.117. The standard InChI is InChI=1S/C17H24N2O3/c1-12(2)11-22-15-6-4-5-14(9-15)18-17(21)19(3)10-16(20)13-7-8-13/h4-6,9,13,16,20H,1,7-8,10-11H2,2-3H3,(H,18,21). The quantitative estimate of drug-likeness (QED) is 0.761. The molecule has 0 bridgehead atoms. The summed E-state index contributed by atoms with van der Waals surface area (Å²) in [6.45, 7) is 6.48. The van der Waals surface area contributed by atoms with Gasteiger partial charge in [-0.1, -0.05) is 12.6 Å². The Morgan fingerprint density at radius 2 is 2.27 bits per heavy atom. The van der Waals surface area contributed by atoms with Gasteiger partial charge in [0.15, 0.2) is 0 Å². The van der Waals surface area contributed by atoms with Crippen molar-refractivity contribution in [3.63, 3.8) is 0 Å². The molecule has 0 aromatic heterocycles. The molecule has 5 heteroatoms. The van der Waals surface area contributed by atoms with Crippen molar-refractivity contribution in [1.29, 1.82) is 0 Å². The lowest BCUT2D eigenvalue weighted by Crippen LogP contribution is -2.37. The van der Waals surface area contributed by atoms with Crippen molar-refractivity contribution in [2.45, 2.75) is 25.9 Å². The predicted octanol–water partition coefficient (Wildman–Crippen LogP) is 2.88. The van der Waals surface area contributed by atoms with Crippen LogP contribution >= 0.6 is 0 Å². The van der Waals surface area contributed by atoms with Gasteiger partial charge in [-0.05, 0) is 43.4 Å². The molecule has 0 saturated heterocycles. The fourth-order valence-corrected chi connectivity index (χ4v) is 2.08. The lowest BCUT2D eigenvalue weighted by atomic mass is 10.2. The second kappa shape index (κ2) is 7.31. The molecule has 0 radical (unpaired) electrons. The highest BCUT2D eigenvalue weighted by Gasteiger charge is 2.31. The number of hydrogen-bond donors (Lipinski definition) is 2. The number of benzene rings is 1. The summed E-state index contributed by atoms with van der Waals surface area (Å²) in [6.07, 6.45) is 1.68. The number of amides is 2. The molecule has 1 aromatic carbocycles. The molecule has 0 heterocycles. The van der Waals surface area contributed by atoms with Gasteiger partial charge >= 0.3 is 6.03 Å². The first-order valence-electron chi connectivity index (χ1n) is 7.53. The van der Waals surface area contributed by atoms with Crippen molar-refractivity contribution in [3.05, 3.63) is 36.4 Å². The van der Waals surface area contributed by atoms with Crippen LogP contribution in [0.3, 0.4) is 0 Å². The zero-order chi connectivity index (χ0) is 16.1. The molecule has 22 heavy (non-hydrogen) atoms. The van der Waals surface area contributed by atoms with Gasteiger partial charge in [-0.15, -0.1) is 0 Å². The second-order valence-electron chi connectivity index (χ2n) is 5.99. The van der Waals surface area contributed by atoms with Crippen LogP contribution in [-0.4, -0.2) is 42.3 Å². The van der Waals surface area contributed by atoms with E-state index in [0.29, 0.717) is 30.5 Å². The summed E-state index contributed by atoms with van der Waals surface area (Å²) in [5, 5.41) is 12.7. The molecule has 1 aromatic rings. The van der Waals surface area contributed by atoms with Crippen LogP contribution in [0.1, 0.15) is 19.8 Å². The average molecular weight is 304 g/mol. The molecule has 2 amide bonds. The fraction of sp³-hybridized carbons (Fsp3) is 0.471. The molecule has 1 unspecified atom stereocenters. The summed E-state index contributed by atoms with van der Waals surface area (Å²) in [7, 11) is 1.68. The average Bonchev–Trinajstić information content (AvgIpc) is 3.30. The molecule has 1 aliphatic rings. The van der Waals surface area contributed by atoms with Crippen LogP contribution in [-0.2, 0) is 0 Å². The van der Waals surface area contributed by atoms with E-state index < -0.39 is 6.10 Å². The third-order valence-corrected chi connectivity index (χ3v) is 3.54. The zero-order valence-electron chi connectivity index (χ0n) is 13.2. The highest BCUT2D eigenvalue weighted by Crippen LogP contribution is 2.32. The largest absolute Gasteiger partial charge is 0.489 e. The third kappa shape index (κ3) is 5.07. The van der Waals surface area contributed by atoms with Crippen molar-refractivity contribution >= 4 is 11.7 Å². The first-order valence-corrected chi connectivity index (χ1v) is 7.53. The number of aliphatic hydroxyl groups excluding tert-OH is 1. The van der Waals surface area contributed by atoms with Crippen LogP contribution in [0.2, 0.25) is 0 Å². The van der Waals surface area contributed by atoms with Gasteiger partial charge in [-0.2, -0.15) is 0 Å². The molecule has 2 rings (SSSR count). The van der Waals surface area contributed by atoms with Gasteiger partial charge in [-0.3, -0.25) is 0 Å². The number of hydrogen-bond acceptors (Lipinski definition) is 3. The van der Waals surface area contributed by atoms with Crippen LogP contribution < -0.4 is 10.1 Å². The number of likely N-dealkylation sites (N-methyl/N-ethyl adjacent to an activating group) is 1. The zero-order valence-corrected chi connectivity index (χ0v) is 13.2. The maximum atomic E-state index is 12.1. The molecule has 0 aliphatic heterocycles. The molecule has 5 nitrogen and oxygen atoms in total.